The van der Waals surface area contributed by atoms with Crippen LogP contribution in [0.25, 0.3) is 0 Å². The molecule has 2 aromatic rings. The number of carbonyl (C=O) groups is 1. The van der Waals surface area contributed by atoms with Crippen LogP contribution in [-0.2, 0) is 14.9 Å². The standard InChI is InChI=1S/C23H29NO2/c1-24(2)18-15-21(19-11-5-3-6-12-19)26-22(25)23(16-9-10-17-23)20-13-7-4-8-14-20/h3-8,11-14,21H,9-10,15-18H2,1-2H3/t21-/m1/s1. The van der Waals surface area contributed by atoms with Gasteiger partial charge in [0.15, 0.2) is 0 Å². The van der Waals surface area contributed by atoms with E-state index in [9.17, 15) is 4.79 Å². The van der Waals surface area contributed by atoms with Crippen molar-refractivity contribution in [3.63, 3.8) is 0 Å². The van der Waals surface area contributed by atoms with Gasteiger partial charge in [-0.1, -0.05) is 73.5 Å². The smallest absolute Gasteiger partial charge is 0.317 e. The Bertz CT molecular complexity index is 691. The third-order valence-electron chi connectivity index (χ3n) is 5.43. The molecule has 2 aromatic carbocycles. The van der Waals surface area contributed by atoms with Gasteiger partial charge in [-0.15, -0.1) is 0 Å². The number of ether oxygens (including phenoxy) is 1. The van der Waals surface area contributed by atoms with Crippen LogP contribution in [0.15, 0.2) is 60.7 Å². The predicted molar refractivity (Wildman–Crippen MR) is 105 cm³/mol. The minimum absolute atomic E-state index is 0.0613. The summed E-state index contributed by atoms with van der Waals surface area (Å²) in [4.78, 5) is 15.5. The molecule has 0 N–H and O–H groups in total. The molecule has 0 aromatic heterocycles. The van der Waals surface area contributed by atoms with Gasteiger partial charge in [0.2, 0.25) is 0 Å². The molecule has 26 heavy (non-hydrogen) atoms. The Morgan fingerprint density at radius 2 is 1.58 bits per heavy atom. The van der Waals surface area contributed by atoms with Crippen molar-refractivity contribution in [2.24, 2.45) is 0 Å². The molecule has 1 atom stereocenters. The molecule has 1 fully saturated rings. The molecule has 0 heterocycles. The average Bonchev–Trinajstić information content (AvgIpc) is 3.17. The lowest BCUT2D eigenvalue weighted by molar-refractivity contribution is -0.157. The second-order valence-electron chi connectivity index (χ2n) is 7.55. The van der Waals surface area contributed by atoms with Gasteiger partial charge in [-0.2, -0.15) is 0 Å². The Labute approximate surface area is 157 Å². The first-order valence-corrected chi connectivity index (χ1v) is 9.58. The Morgan fingerprint density at radius 3 is 2.15 bits per heavy atom. The van der Waals surface area contributed by atoms with E-state index in [-0.39, 0.29) is 12.1 Å². The zero-order valence-electron chi connectivity index (χ0n) is 15.9. The van der Waals surface area contributed by atoms with E-state index in [4.69, 9.17) is 4.74 Å². The van der Waals surface area contributed by atoms with Crippen molar-refractivity contribution in [1.82, 2.24) is 4.90 Å². The molecule has 0 aliphatic heterocycles. The van der Waals surface area contributed by atoms with Crippen LogP contribution in [0.4, 0.5) is 0 Å². The highest BCUT2D eigenvalue weighted by atomic mass is 16.5. The fraction of sp³-hybridized carbons (Fsp3) is 0.435. The zero-order chi connectivity index (χ0) is 18.4. The Kier molecular flexibility index (Phi) is 6.10. The molecule has 0 spiro atoms. The minimum Gasteiger partial charge on any atom is -0.457 e. The summed E-state index contributed by atoms with van der Waals surface area (Å²) in [5, 5.41) is 0. The summed E-state index contributed by atoms with van der Waals surface area (Å²) in [6.07, 6.45) is 4.52. The van der Waals surface area contributed by atoms with Gasteiger partial charge in [0, 0.05) is 13.0 Å². The van der Waals surface area contributed by atoms with Crippen molar-refractivity contribution in [3.8, 4) is 0 Å². The van der Waals surface area contributed by atoms with Gasteiger partial charge in [0.1, 0.15) is 6.10 Å². The average molecular weight is 351 g/mol. The summed E-state index contributed by atoms with van der Waals surface area (Å²) in [6.45, 7) is 0.880. The maximum Gasteiger partial charge on any atom is 0.317 e. The number of benzene rings is 2. The molecule has 3 heteroatoms. The van der Waals surface area contributed by atoms with Gasteiger partial charge in [-0.05, 0) is 38.1 Å². The zero-order valence-corrected chi connectivity index (χ0v) is 15.9. The van der Waals surface area contributed by atoms with E-state index < -0.39 is 5.41 Å². The number of nitrogens with zero attached hydrogens (tertiary/aromatic N) is 1. The highest BCUT2D eigenvalue weighted by molar-refractivity contribution is 5.84. The van der Waals surface area contributed by atoms with Gasteiger partial charge in [0.25, 0.3) is 0 Å². The van der Waals surface area contributed by atoms with Crippen molar-refractivity contribution in [2.45, 2.75) is 43.6 Å². The second-order valence-corrected chi connectivity index (χ2v) is 7.55. The molecule has 3 rings (SSSR count). The molecule has 0 radical (unpaired) electrons. The molecule has 138 valence electrons. The summed E-state index contributed by atoms with van der Waals surface area (Å²) < 4.78 is 6.16. The van der Waals surface area contributed by atoms with Crippen LogP contribution < -0.4 is 0 Å². The van der Waals surface area contributed by atoms with E-state index in [1.54, 1.807) is 0 Å². The van der Waals surface area contributed by atoms with Crippen molar-refractivity contribution < 1.29 is 9.53 Å². The first-order valence-electron chi connectivity index (χ1n) is 9.58. The SMILES string of the molecule is CN(C)CC[C@@H](OC(=O)C1(c2ccccc2)CCCC1)c1ccccc1. The highest BCUT2D eigenvalue weighted by Crippen LogP contribution is 2.43. The maximum atomic E-state index is 13.4. The Hall–Kier alpha value is -2.13. The third-order valence-corrected chi connectivity index (χ3v) is 5.43. The number of esters is 1. The largest absolute Gasteiger partial charge is 0.457 e. The topological polar surface area (TPSA) is 29.5 Å². The van der Waals surface area contributed by atoms with E-state index in [1.807, 2.05) is 50.5 Å². The van der Waals surface area contributed by atoms with Gasteiger partial charge in [0.05, 0.1) is 5.41 Å². The van der Waals surface area contributed by atoms with Crippen LogP contribution in [0.1, 0.15) is 49.3 Å². The molecule has 0 bridgehead atoms. The number of hydrogen-bond acceptors (Lipinski definition) is 3. The van der Waals surface area contributed by atoms with Gasteiger partial charge < -0.3 is 9.64 Å². The number of hydrogen-bond donors (Lipinski definition) is 0. The van der Waals surface area contributed by atoms with Gasteiger partial charge >= 0.3 is 5.97 Å². The molecule has 3 nitrogen and oxygen atoms in total. The Balaban J connectivity index is 1.83. The van der Waals surface area contributed by atoms with E-state index in [0.29, 0.717) is 0 Å². The minimum atomic E-state index is -0.480. The highest BCUT2D eigenvalue weighted by Gasteiger charge is 2.44. The fourth-order valence-electron chi connectivity index (χ4n) is 3.93. The summed E-state index contributed by atoms with van der Waals surface area (Å²) >= 11 is 0. The quantitative estimate of drug-likeness (QED) is 0.675. The van der Waals surface area contributed by atoms with Crippen molar-refractivity contribution in [1.29, 1.82) is 0 Å². The number of rotatable bonds is 7. The van der Waals surface area contributed by atoms with E-state index in [0.717, 1.165) is 49.8 Å². The first-order chi connectivity index (χ1) is 12.6. The molecule has 0 unspecified atom stereocenters. The second kappa shape index (κ2) is 8.50. The molecule has 1 aliphatic carbocycles. The van der Waals surface area contributed by atoms with E-state index in [2.05, 4.69) is 29.2 Å². The van der Waals surface area contributed by atoms with E-state index >= 15 is 0 Å². The molecular weight excluding hydrogens is 322 g/mol. The summed E-state index contributed by atoms with van der Waals surface area (Å²) in [6, 6.07) is 20.3. The molecule has 0 amide bonds. The molecule has 0 saturated heterocycles. The lowest BCUT2D eigenvalue weighted by Crippen LogP contribution is -2.36. The summed E-state index contributed by atoms with van der Waals surface area (Å²) in [5.74, 6) is -0.0613. The van der Waals surface area contributed by atoms with Crippen LogP contribution >= 0.6 is 0 Å². The molecule has 1 aliphatic rings. The lowest BCUT2D eigenvalue weighted by Gasteiger charge is -2.30. The van der Waals surface area contributed by atoms with Crippen molar-refractivity contribution in [2.75, 3.05) is 20.6 Å². The first kappa shape index (κ1) is 18.7. The van der Waals surface area contributed by atoms with Gasteiger partial charge in [-0.25, -0.2) is 0 Å². The lowest BCUT2D eigenvalue weighted by atomic mass is 9.79. The summed E-state index contributed by atoms with van der Waals surface area (Å²) in [5.41, 5.74) is 1.69. The van der Waals surface area contributed by atoms with Crippen LogP contribution in [0.2, 0.25) is 0 Å². The summed E-state index contributed by atoms with van der Waals surface area (Å²) in [7, 11) is 4.10. The van der Waals surface area contributed by atoms with E-state index in [1.165, 1.54) is 0 Å². The fourth-order valence-corrected chi connectivity index (χ4v) is 3.93. The number of carbonyl (C=O) groups excluding carboxylic acids is 1. The van der Waals surface area contributed by atoms with Crippen LogP contribution in [0.5, 0.6) is 0 Å². The molecule has 1 saturated carbocycles. The molecular formula is C23H29NO2. The van der Waals surface area contributed by atoms with Crippen molar-refractivity contribution in [3.05, 3.63) is 71.8 Å². The predicted octanol–water partition coefficient (Wildman–Crippen LogP) is 4.73. The Morgan fingerprint density at radius 1 is 1.00 bits per heavy atom. The van der Waals surface area contributed by atoms with Crippen LogP contribution in [0, 0.1) is 0 Å². The maximum absolute atomic E-state index is 13.4. The normalized spacial score (nSPS) is 17.2. The van der Waals surface area contributed by atoms with Crippen LogP contribution in [0.3, 0.4) is 0 Å². The van der Waals surface area contributed by atoms with Crippen molar-refractivity contribution >= 4 is 5.97 Å². The monoisotopic (exact) mass is 351 g/mol. The van der Waals surface area contributed by atoms with Crippen LogP contribution in [-0.4, -0.2) is 31.5 Å². The van der Waals surface area contributed by atoms with Gasteiger partial charge in [-0.3, -0.25) is 4.79 Å². The third kappa shape index (κ3) is 4.16.